The predicted molar refractivity (Wildman–Crippen MR) is 87.4 cm³/mol. The van der Waals surface area contributed by atoms with Gasteiger partial charge in [0.05, 0.1) is 6.54 Å². The van der Waals surface area contributed by atoms with Gasteiger partial charge in [0.2, 0.25) is 5.79 Å². The summed E-state index contributed by atoms with van der Waals surface area (Å²) in [4.78, 5) is 25.9. The minimum atomic E-state index is -1.31. The van der Waals surface area contributed by atoms with E-state index in [1.807, 2.05) is 60.7 Å². The average Bonchev–Trinajstić information content (AvgIpc) is 2.98. The minimum absolute atomic E-state index is 0.144. The van der Waals surface area contributed by atoms with Crippen LogP contribution in [0.1, 0.15) is 11.1 Å². The molecule has 4 rings (SSSR count). The van der Waals surface area contributed by atoms with E-state index in [4.69, 9.17) is 9.47 Å². The number of rotatable bonds is 4. The van der Waals surface area contributed by atoms with E-state index >= 15 is 0 Å². The maximum atomic E-state index is 12.7. The highest BCUT2D eigenvalue weighted by Crippen LogP contribution is 2.43. The standard InChI is InChI=1S/C19H17NO5/c21-17-15-16(18(22)23)25-19(24-15,14-9-5-2-6-10-14)12-20(17)11-13-7-3-1-4-8-13/h1-10,15-16H,11-12H2,(H,22,23). The number of morpholine rings is 1. The van der Waals surface area contributed by atoms with E-state index in [0.717, 1.165) is 5.56 Å². The molecule has 3 atom stereocenters. The van der Waals surface area contributed by atoms with Gasteiger partial charge < -0.3 is 19.5 Å². The van der Waals surface area contributed by atoms with Crippen LogP contribution in [0.3, 0.4) is 0 Å². The highest BCUT2D eigenvalue weighted by atomic mass is 16.8. The summed E-state index contributed by atoms with van der Waals surface area (Å²) in [6.07, 6.45) is -2.45. The van der Waals surface area contributed by atoms with Gasteiger partial charge in [-0.3, -0.25) is 4.79 Å². The molecule has 2 aliphatic heterocycles. The average molecular weight is 339 g/mol. The quantitative estimate of drug-likeness (QED) is 0.918. The number of carbonyl (C=O) groups is 2. The molecule has 3 unspecified atom stereocenters. The fraction of sp³-hybridized carbons (Fsp3) is 0.263. The second-order valence-corrected chi connectivity index (χ2v) is 6.21. The Kier molecular flexibility index (Phi) is 3.78. The van der Waals surface area contributed by atoms with Crippen molar-refractivity contribution in [1.29, 1.82) is 0 Å². The summed E-state index contributed by atoms with van der Waals surface area (Å²) in [6.45, 7) is 0.523. The van der Waals surface area contributed by atoms with Crippen molar-refractivity contribution in [3.63, 3.8) is 0 Å². The Labute approximate surface area is 144 Å². The van der Waals surface area contributed by atoms with E-state index in [9.17, 15) is 14.7 Å². The first-order valence-corrected chi connectivity index (χ1v) is 8.06. The predicted octanol–water partition coefficient (Wildman–Crippen LogP) is 1.75. The van der Waals surface area contributed by atoms with Crippen LogP contribution < -0.4 is 0 Å². The molecule has 2 aliphatic rings. The molecule has 2 bridgehead atoms. The summed E-state index contributed by atoms with van der Waals surface area (Å²) >= 11 is 0. The van der Waals surface area contributed by atoms with E-state index in [1.165, 1.54) is 0 Å². The number of carboxylic acids is 1. The number of carbonyl (C=O) groups excluding carboxylic acids is 1. The van der Waals surface area contributed by atoms with Crippen LogP contribution in [0.4, 0.5) is 0 Å². The lowest BCUT2D eigenvalue weighted by Crippen LogP contribution is -2.53. The molecule has 0 aromatic heterocycles. The van der Waals surface area contributed by atoms with Crippen molar-refractivity contribution < 1.29 is 24.2 Å². The minimum Gasteiger partial charge on any atom is -0.479 e. The Morgan fingerprint density at radius 1 is 1.08 bits per heavy atom. The molecule has 6 nitrogen and oxygen atoms in total. The third-order valence-corrected chi connectivity index (χ3v) is 4.54. The Morgan fingerprint density at radius 2 is 1.72 bits per heavy atom. The number of fused-ring (bicyclic) bond motifs is 2. The van der Waals surface area contributed by atoms with Gasteiger partial charge in [-0.25, -0.2) is 4.79 Å². The van der Waals surface area contributed by atoms with Crippen LogP contribution in [0.2, 0.25) is 0 Å². The van der Waals surface area contributed by atoms with Crippen LogP contribution in [-0.2, 0) is 31.4 Å². The SMILES string of the molecule is O=C(O)C1OC2(c3ccccc3)CN(Cc3ccccc3)C(=O)C1O2. The van der Waals surface area contributed by atoms with Gasteiger partial charge in [-0.1, -0.05) is 60.7 Å². The Bertz CT molecular complexity index is 794. The van der Waals surface area contributed by atoms with Gasteiger partial charge in [0, 0.05) is 12.1 Å². The molecule has 2 fully saturated rings. The van der Waals surface area contributed by atoms with Crippen LogP contribution in [0.25, 0.3) is 0 Å². The van der Waals surface area contributed by atoms with Crippen molar-refractivity contribution in [3.05, 3.63) is 71.8 Å². The van der Waals surface area contributed by atoms with Gasteiger partial charge in [-0.2, -0.15) is 0 Å². The van der Waals surface area contributed by atoms with E-state index < -0.39 is 24.0 Å². The van der Waals surface area contributed by atoms with Crippen molar-refractivity contribution in [2.75, 3.05) is 6.54 Å². The molecule has 2 aromatic carbocycles. The Morgan fingerprint density at radius 3 is 2.36 bits per heavy atom. The van der Waals surface area contributed by atoms with Crippen LogP contribution >= 0.6 is 0 Å². The van der Waals surface area contributed by atoms with Crippen molar-refractivity contribution in [2.24, 2.45) is 0 Å². The van der Waals surface area contributed by atoms with E-state index in [0.29, 0.717) is 12.1 Å². The smallest absolute Gasteiger partial charge is 0.336 e. The number of benzene rings is 2. The molecule has 2 saturated heterocycles. The van der Waals surface area contributed by atoms with Gasteiger partial charge in [-0.15, -0.1) is 0 Å². The number of ether oxygens (including phenoxy) is 2. The highest BCUT2D eigenvalue weighted by Gasteiger charge is 2.60. The fourth-order valence-corrected chi connectivity index (χ4v) is 3.36. The van der Waals surface area contributed by atoms with Crippen molar-refractivity contribution in [2.45, 2.75) is 24.5 Å². The lowest BCUT2D eigenvalue weighted by Gasteiger charge is -2.38. The zero-order chi connectivity index (χ0) is 17.4. The van der Waals surface area contributed by atoms with Gasteiger partial charge in [-0.05, 0) is 5.56 Å². The lowest BCUT2D eigenvalue weighted by molar-refractivity contribution is -0.219. The van der Waals surface area contributed by atoms with Crippen molar-refractivity contribution in [3.8, 4) is 0 Å². The topological polar surface area (TPSA) is 76.1 Å². The maximum absolute atomic E-state index is 12.7. The first kappa shape index (κ1) is 15.8. The molecule has 0 spiro atoms. The van der Waals surface area contributed by atoms with Gasteiger partial charge in [0.15, 0.2) is 12.2 Å². The molecule has 128 valence electrons. The molecule has 0 aliphatic carbocycles. The molecule has 2 heterocycles. The molecule has 25 heavy (non-hydrogen) atoms. The third kappa shape index (κ3) is 2.69. The first-order chi connectivity index (χ1) is 12.1. The van der Waals surface area contributed by atoms with Crippen molar-refractivity contribution in [1.82, 2.24) is 4.90 Å². The second kappa shape index (κ2) is 5.98. The molecule has 1 N–H and O–H groups in total. The molecular formula is C19H17NO5. The van der Waals surface area contributed by atoms with Crippen LogP contribution in [0.15, 0.2) is 60.7 Å². The van der Waals surface area contributed by atoms with Crippen LogP contribution in [-0.4, -0.2) is 40.6 Å². The van der Waals surface area contributed by atoms with Gasteiger partial charge in [0.1, 0.15) is 0 Å². The molecule has 0 radical (unpaired) electrons. The molecule has 2 aromatic rings. The zero-order valence-corrected chi connectivity index (χ0v) is 13.4. The molecular weight excluding hydrogens is 322 g/mol. The third-order valence-electron chi connectivity index (χ3n) is 4.54. The Hall–Kier alpha value is -2.70. The second-order valence-electron chi connectivity index (χ2n) is 6.21. The summed E-state index contributed by atoms with van der Waals surface area (Å²) in [7, 11) is 0. The largest absolute Gasteiger partial charge is 0.479 e. The maximum Gasteiger partial charge on any atom is 0.336 e. The molecule has 0 saturated carbocycles. The van der Waals surface area contributed by atoms with Gasteiger partial charge >= 0.3 is 5.97 Å². The monoisotopic (exact) mass is 339 g/mol. The number of carboxylic acid groups (broad SMARTS) is 1. The number of hydrogen-bond donors (Lipinski definition) is 1. The zero-order valence-electron chi connectivity index (χ0n) is 13.4. The fourth-order valence-electron chi connectivity index (χ4n) is 3.36. The van der Waals surface area contributed by atoms with Gasteiger partial charge in [0.25, 0.3) is 5.91 Å². The lowest BCUT2D eigenvalue weighted by atomic mass is 10.0. The first-order valence-electron chi connectivity index (χ1n) is 8.06. The highest BCUT2D eigenvalue weighted by molar-refractivity contribution is 5.89. The van der Waals surface area contributed by atoms with Crippen LogP contribution in [0, 0.1) is 0 Å². The molecule has 6 heteroatoms. The van der Waals surface area contributed by atoms with Crippen molar-refractivity contribution >= 4 is 11.9 Å². The summed E-state index contributed by atoms with van der Waals surface area (Å²) in [5.74, 6) is -2.81. The van der Waals surface area contributed by atoms with E-state index in [2.05, 4.69) is 0 Å². The molecule has 1 amide bonds. The summed E-state index contributed by atoms with van der Waals surface area (Å²) in [6, 6.07) is 18.7. The summed E-state index contributed by atoms with van der Waals surface area (Å²) < 4.78 is 11.6. The Balaban J connectivity index is 1.70. The number of amides is 1. The number of nitrogens with zero attached hydrogens (tertiary/aromatic N) is 1. The number of hydrogen-bond acceptors (Lipinski definition) is 4. The van der Waals surface area contributed by atoms with E-state index in [-0.39, 0.29) is 12.5 Å². The van der Waals surface area contributed by atoms with Crippen LogP contribution in [0.5, 0.6) is 0 Å². The summed E-state index contributed by atoms with van der Waals surface area (Å²) in [5, 5.41) is 9.44. The normalized spacial score (nSPS) is 28.2. The number of aliphatic carboxylic acids is 1. The van der Waals surface area contributed by atoms with E-state index in [1.54, 1.807) is 4.90 Å². The summed E-state index contributed by atoms with van der Waals surface area (Å²) in [5.41, 5.74) is 1.67.